The van der Waals surface area contributed by atoms with Crippen molar-refractivity contribution in [2.45, 2.75) is 59.3 Å². The number of aryl methyl sites for hydroxylation is 2. The minimum atomic E-state index is -0.730. The molecule has 0 atom stereocenters. The maximum atomic E-state index is 12.6. The average molecular weight is 317 g/mol. The molecule has 0 saturated carbocycles. The molecule has 1 heterocycles. The van der Waals surface area contributed by atoms with E-state index in [0.29, 0.717) is 6.42 Å². The molecule has 23 heavy (non-hydrogen) atoms. The lowest BCUT2D eigenvalue weighted by Crippen LogP contribution is -2.42. The van der Waals surface area contributed by atoms with E-state index in [0.717, 1.165) is 37.9 Å². The minimum Gasteiger partial charge on any atom is -0.481 e. The summed E-state index contributed by atoms with van der Waals surface area (Å²) in [7, 11) is 0. The first-order valence-electron chi connectivity index (χ1n) is 8.44. The van der Waals surface area contributed by atoms with Gasteiger partial charge in [-0.15, -0.1) is 0 Å². The normalized spacial score (nSPS) is 14.5. The van der Waals surface area contributed by atoms with Crippen LogP contribution in [0.1, 0.15) is 57.6 Å². The van der Waals surface area contributed by atoms with E-state index in [9.17, 15) is 9.59 Å². The molecule has 0 spiro atoms. The zero-order valence-corrected chi connectivity index (χ0v) is 14.4. The van der Waals surface area contributed by atoms with Gasteiger partial charge in [0.15, 0.2) is 0 Å². The van der Waals surface area contributed by atoms with Crippen LogP contribution in [0.3, 0.4) is 0 Å². The predicted molar refractivity (Wildman–Crippen MR) is 91.8 cm³/mol. The summed E-state index contributed by atoms with van der Waals surface area (Å²) in [4.78, 5) is 25.1. The van der Waals surface area contributed by atoms with Gasteiger partial charge in [-0.25, -0.2) is 0 Å². The third-order valence-electron chi connectivity index (χ3n) is 4.26. The van der Waals surface area contributed by atoms with E-state index >= 15 is 0 Å². The summed E-state index contributed by atoms with van der Waals surface area (Å²) in [5.41, 5.74) is 3.15. The van der Waals surface area contributed by atoms with E-state index in [1.54, 1.807) is 0 Å². The monoisotopic (exact) mass is 317 g/mol. The van der Waals surface area contributed by atoms with Crippen LogP contribution in [0.25, 0.3) is 0 Å². The molecule has 2 rings (SSSR count). The Bertz CT molecular complexity index is 587. The van der Waals surface area contributed by atoms with Crippen LogP contribution in [-0.4, -0.2) is 23.5 Å². The lowest BCUT2D eigenvalue weighted by Gasteiger charge is -2.34. The molecule has 126 valence electrons. The number of hydrogen-bond acceptors (Lipinski definition) is 2. The number of carbonyl (C=O) groups is 2. The van der Waals surface area contributed by atoms with Crippen molar-refractivity contribution in [1.29, 1.82) is 0 Å². The van der Waals surface area contributed by atoms with E-state index in [1.807, 2.05) is 25.7 Å². The number of carbonyl (C=O) groups excluding carboxylic acids is 1. The van der Waals surface area contributed by atoms with Crippen molar-refractivity contribution in [3.8, 4) is 0 Å². The summed E-state index contributed by atoms with van der Waals surface area (Å²) < 4.78 is 0. The second-order valence-electron chi connectivity index (χ2n) is 7.37. The fourth-order valence-electron chi connectivity index (χ4n) is 3.03. The van der Waals surface area contributed by atoms with Crippen molar-refractivity contribution in [2.24, 2.45) is 5.41 Å². The van der Waals surface area contributed by atoms with Gasteiger partial charge in [-0.2, -0.15) is 0 Å². The van der Waals surface area contributed by atoms with E-state index in [1.165, 1.54) is 11.1 Å². The molecule has 0 unspecified atom stereocenters. The quantitative estimate of drug-likeness (QED) is 0.840. The number of rotatable bonds is 5. The van der Waals surface area contributed by atoms with E-state index in [4.69, 9.17) is 5.11 Å². The molecule has 1 aliphatic heterocycles. The summed E-state index contributed by atoms with van der Waals surface area (Å²) >= 11 is 0. The summed E-state index contributed by atoms with van der Waals surface area (Å²) in [5, 5.41) is 8.68. The fourth-order valence-corrected chi connectivity index (χ4v) is 3.03. The lowest BCUT2D eigenvalue weighted by atomic mass is 9.91. The number of nitrogens with zero attached hydrogens (tertiary/aromatic N) is 1. The number of unbranched alkanes of at least 4 members (excludes halogenated alkanes) is 1. The molecule has 0 bridgehead atoms. The third-order valence-corrected chi connectivity index (χ3v) is 4.26. The smallest absolute Gasteiger partial charge is 0.303 e. The zero-order chi connectivity index (χ0) is 17.0. The van der Waals surface area contributed by atoms with Crippen molar-refractivity contribution in [2.75, 3.05) is 11.4 Å². The molecule has 0 aromatic heterocycles. The molecule has 1 amide bonds. The van der Waals surface area contributed by atoms with Crippen molar-refractivity contribution < 1.29 is 14.7 Å². The van der Waals surface area contributed by atoms with Crippen molar-refractivity contribution in [1.82, 2.24) is 0 Å². The van der Waals surface area contributed by atoms with Gasteiger partial charge in [0.05, 0.1) is 0 Å². The number of aliphatic carboxylic acids is 1. The molecule has 1 aromatic rings. The molecule has 0 aliphatic carbocycles. The van der Waals surface area contributed by atoms with Gasteiger partial charge >= 0.3 is 5.97 Å². The van der Waals surface area contributed by atoms with E-state index in [2.05, 4.69) is 18.2 Å². The molecule has 1 aromatic carbocycles. The summed E-state index contributed by atoms with van der Waals surface area (Å²) in [5.74, 6) is -0.556. The van der Waals surface area contributed by atoms with Crippen molar-refractivity contribution in [3.63, 3.8) is 0 Å². The molecular weight excluding hydrogens is 290 g/mol. The highest BCUT2D eigenvalue weighted by Gasteiger charge is 2.30. The Labute approximate surface area is 138 Å². The van der Waals surface area contributed by atoms with Gasteiger partial charge in [-0.1, -0.05) is 32.9 Å². The van der Waals surface area contributed by atoms with Crippen LogP contribution in [0.2, 0.25) is 0 Å². The van der Waals surface area contributed by atoms with Gasteiger partial charge in [0.2, 0.25) is 5.91 Å². The number of carboxylic acids is 1. The van der Waals surface area contributed by atoms with Crippen LogP contribution in [-0.2, 0) is 22.4 Å². The first-order valence-corrected chi connectivity index (χ1v) is 8.44. The number of anilines is 1. The van der Waals surface area contributed by atoms with Gasteiger partial charge in [0.25, 0.3) is 0 Å². The van der Waals surface area contributed by atoms with Crippen LogP contribution in [0.5, 0.6) is 0 Å². The maximum absolute atomic E-state index is 12.6. The predicted octanol–water partition coefficient (Wildman–Crippen LogP) is 3.81. The van der Waals surface area contributed by atoms with Gasteiger partial charge in [-0.3, -0.25) is 9.59 Å². The van der Waals surface area contributed by atoms with E-state index < -0.39 is 5.97 Å². The minimum absolute atomic E-state index is 0.174. The molecular formula is C19H27NO3. The highest BCUT2D eigenvalue weighted by atomic mass is 16.4. The second kappa shape index (κ2) is 7.16. The van der Waals surface area contributed by atoms with Gasteiger partial charge in [-0.05, 0) is 49.3 Å². The molecule has 1 aliphatic rings. The number of amides is 1. The summed E-state index contributed by atoms with van der Waals surface area (Å²) in [6.07, 6.45) is 4.73. The standard InChI is InChI=1S/C19H27NO3/c1-19(2,3)18(23)20-12-6-8-15-13-14(10-11-16(15)20)7-4-5-9-17(21)22/h10-11,13H,4-9,12H2,1-3H3,(H,21,22). The Morgan fingerprint density at radius 1 is 1.22 bits per heavy atom. The SMILES string of the molecule is CC(C)(C)C(=O)N1CCCc2cc(CCCCC(=O)O)ccc21. The molecule has 4 heteroatoms. The second-order valence-corrected chi connectivity index (χ2v) is 7.37. The topological polar surface area (TPSA) is 57.6 Å². The Hall–Kier alpha value is -1.84. The highest BCUT2D eigenvalue weighted by molar-refractivity contribution is 5.98. The Morgan fingerprint density at radius 3 is 2.61 bits per heavy atom. The van der Waals surface area contributed by atoms with Crippen LogP contribution < -0.4 is 4.90 Å². The number of carboxylic acid groups (broad SMARTS) is 1. The molecule has 0 fully saturated rings. The van der Waals surface area contributed by atoms with Crippen molar-refractivity contribution >= 4 is 17.6 Å². The average Bonchev–Trinajstić information content (AvgIpc) is 2.49. The van der Waals surface area contributed by atoms with Gasteiger partial charge in [0, 0.05) is 24.1 Å². The Morgan fingerprint density at radius 2 is 1.96 bits per heavy atom. The molecule has 0 radical (unpaired) electrons. The first-order chi connectivity index (χ1) is 10.8. The summed E-state index contributed by atoms with van der Waals surface area (Å²) in [6, 6.07) is 6.33. The Balaban J connectivity index is 2.08. The van der Waals surface area contributed by atoms with Crippen LogP contribution in [0, 0.1) is 5.41 Å². The number of hydrogen-bond donors (Lipinski definition) is 1. The van der Waals surface area contributed by atoms with Crippen molar-refractivity contribution in [3.05, 3.63) is 29.3 Å². The van der Waals surface area contributed by atoms with E-state index in [-0.39, 0.29) is 17.7 Å². The first kappa shape index (κ1) is 17.5. The Kier molecular flexibility index (Phi) is 5.45. The molecule has 0 saturated heterocycles. The summed E-state index contributed by atoms with van der Waals surface area (Å²) in [6.45, 7) is 6.67. The maximum Gasteiger partial charge on any atom is 0.303 e. The van der Waals surface area contributed by atoms with Crippen LogP contribution in [0.4, 0.5) is 5.69 Å². The van der Waals surface area contributed by atoms with Gasteiger partial charge in [0.1, 0.15) is 0 Å². The zero-order valence-electron chi connectivity index (χ0n) is 14.4. The van der Waals surface area contributed by atoms with Gasteiger partial charge < -0.3 is 10.0 Å². The molecule has 1 N–H and O–H groups in total. The largest absolute Gasteiger partial charge is 0.481 e. The third kappa shape index (κ3) is 4.57. The number of benzene rings is 1. The highest BCUT2D eigenvalue weighted by Crippen LogP contribution is 2.32. The molecule has 4 nitrogen and oxygen atoms in total. The lowest BCUT2D eigenvalue weighted by molar-refractivity contribution is -0.137. The van der Waals surface area contributed by atoms with Crippen LogP contribution in [0.15, 0.2) is 18.2 Å². The fraction of sp³-hybridized carbons (Fsp3) is 0.579. The number of fused-ring (bicyclic) bond motifs is 1. The van der Waals surface area contributed by atoms with Crippen LogP contribution >= 0.6 is 0 Å².